The number of benzene rings is 2. The first-order valence-corrected chi connectivity index (χ1v) is 11.6. The lowest BCUT2D eigenvalue weighted by atomic mass is 10.0. The standard InChI is InChI=1S/C21H30NO8P/c23-14-21(15-24,16-25)22-10-11-29-13-18-3-7-20(8-4-18)30-19-5-1-17(2-6-19)9-12-31(26,27)28/h1-8,22-25H,9-16H2,(H2,26,27,28). The average molecular weight is 455 g/mol. The van der Waals surface area contributed by atoms with Gasteiger partial charge in [-0.25, -0.2) is 0 Å². The summed E-state index contributed by atoms with van der Waals surface area (Å²) in [4.78, 5) is 17.9. The van der Waals surface area contributed by atoms with Gasteiger partial charge < -0.3 is 39.9 Å². The molecule has 0 radical (unpaired) electrons. The summed E-state index contributed by atoms with van der Waals surface area (Å²) in [6.45, 7) is -0.0469. The van der Waals surface area contributed by atoms with Gasteiger partial charge in [-0.1, -0.05) is 24.3 Å². The van der Waals surface area contributed by atoms with Gasteiger partial charge in [-0.2, -0.15) is 0 Å². The van der Waals surface area contributed by atoms with E-state index in [9.17, 15) is 19.9 Å². The molecule has 0 unspecified atom stereocenters. The molecule has 9 nitrogen and oxygen atoms in total. The minimum absolute atomic E-state index is 0.183. The highest BCUT2D eigenvalue weighted by Gasteiger charge is 2.26. The molecule has 0 aliphatic heterocycles. The van der Waals surface area contributed by atoms with Crippen LogP contribution in [0, 0.1) is 0 Å². The number of ether oxygens (including phenoxy) is 2. The first kappa shape index (κ1) is 25.5. The van der Waals surface area contributed by atoms with Crippen molar-refractivity contribution in [3.8, 4) is 11.5 Å². The van der Waals surface area contributed by atoms with Crippen LogP contribution in [0.15, 0.2) is 48.5 Å². The Labute approximate surface area is 181 Å². The lowest BCUT2D eigenvalue weighted by molar-refractivity contribution is 0.0333. The van der Waals surface area contributed by atoms with Crippen LogP contribution >= 0.6 is 7.60 Å². The Morgan fingerprint density at radius 2 is 1.35 bits per heavy atom. The highest BCUT2D eigenvalue weighted by molar-refractivity contribution is 7.51. The van der Waals surface area contributed by atoms with E-state index in [-0.39, 0.29) is 26.0 Å². The van der Waals surface area contributed by atoms with Crippen LogP contribution in [0.4, 0.5) is 0 Å². The second kappa shape index (κ2) is 12.3. The van der Waals surface area contributed by atoms with E-state index in [2.05, 4.69) is 5.32 Å². The van der Waals surface area contributed by atoms with Gasteiger partial charge in [-0.05, 0) is 41.8 Å². The summed E-state index contributed by atoms with van der Waals surface area (Å²) in [5.41, 5.74) is 0.657. The minimum Gasteiger partial charge on any atom is -0.457 e. The molecule has 0 aromatic heterocycles. The molecule has 0 bridgehead atoms. The van der Waals surface area contributed by atoms with Gasteiger partial charge in [0, 0.05) is 6.54 Å². The van der Waals surface area contributed by atoms with Crippen molar-refractivity contribution in [2.45, 2.75) is 18.6 Å². The Hall–Kier alpha value is -1.81. The summed E-state index contributed by atoms with van der Waals surface area (Å²) >= 11 is 0. The summed E-state index contributed by atoms with van der Waals surface area (Å²) in [5, 5.41) is 30.6. The topological polar surface area (TPSA) is 149 Å². The third-order valence-electron chi connectivity index (χ3n) is 4.70. The largest absolute Gasteiger partial charge is 0.457 e. The Kier molecular flexibility index (Phi) is 10.1. The van der Waals surface area contributed by atoms with Crippen LogP contribution in [0.3, 0.4) is 0 Å². The van der Waals surface area contributed by atoms with Gasteiger partial charge in [-0.15, -0.1) is 0 Å². The Bertz CT molecular complexity index is 810. The minimum atomic E-state index is -4.00. The predicted molar refractivity (Wildman–Crippen MR) is 115 cm³/mol. The van der Waals surface area contributed by atoms with E-state index in [1.54, 1.807) is 24.3 Å². The van der Waals surface area contributed by atoms with Gasteiger partial charge in [-0.3, -0.25) is 4.57 Å². The maximum absolute atomic E-state index is 10.9. The van der Waals surface area contributed by atoms with E-state index < -0.39 is 13.1 Å². The monoisotopic (exact) mass is 455 g/mol. The molecule has 2 aromatic carbocycles. The summed E-state index contributed by atoms with van der Waals surface area (Å²) in [6, 6.07) is 14.4. The normalized spacial score (nSPS) is 12.2. The highest BCUT2D eigenvalue weighted by atomic mass is 31.2. The molecule has 6 N–H and O–H groups in total. The van der Waals surface area contributed by atoms with E-state index in [0.717, 1.165) is 11.1 Å². The van der Waals surface area contributed by atoms with Crippen molar-refractivity contribution in [1.29, 1.82) is 0 Å². The molecule has 0 heterocycles. The van der Waals surface area contributed by atoms with Crippen molar-refractivity contribution in [3.05, 3.63) is 59.7 Å². The van der Waals surface area contributed by atoms with Crippen LogP contribution in [0.25, 0.3) is 0 Å². The van der Waals surface area contributed by atoms with E-state index in [0.29, 0.717) is 37.7 Å². The number of hydrogen-bond donors (Lipinski definition) is 6. The van der Waals surface area contributed by atoms with E-state index >= 15 is 0 Å². The molecule has 0 aliphatic rings. The molecule has 172 valence electrons. The fourth-order valence-corrected chi connectivity index (χ4v) is 3.23. The molecular weight excluding hydrogens is 425 g/mol. The van der Waals surface area contributed by atoms with E-state index in [1.165, 1.54) is 0 Å². The maximum Gasteiger partial charge on any atom is 0.325 e. The van der Waals surface area contributed by atoms with Crippen molar-refractivity contribution in [2.24, 2.45) is 0 Å². The number of aliphatic hydroxyl groups is 3. The molecule has 2 aromatic rings. The Morgan fingerprint density at radius 1 is 0.839 bits per heavy atom. The van der Waals surface area contributed by atoms with E-state index in [4.69, 9.17) is 19.3 Å². The zero-order chi connectivity index (χ0) is 22.7. The SMILES string of the molecule is O=P(O)(O)CCc1ccc(Oc2ccc(COCCNC(CO)(CO)CO)cc2)cc1. The molecule has 0 amide bonds. The van der Waals surface area contributed by atoms with E-state index in [1.807, 2.05) is 24.3 Å². The van der Waals surface area contributed by atoms with Crippen LogP contribution < -0.4 is 10.1 Å². The first-order valence-electron chi connectivity index (χ1n) is 9.85. The molecule has 0 fully saturated rings. The molecule has 0 aliphatic carbocycles. The van der Waals surface area contributed by atoms with Gasteiger partial charge >= 0.3 is 7.60 Å². The van der Waals surface area contributed by atoms with Crippen LogP contribution in [-0.2, 0) is 22.3 Å². The molecule has 0 spiro atoms. The molecule has 0 saturated carbocycles. The zero-order valence-corrected chi connectivity index (χ0v) is 18.1. The molecule has 10 heteroatoms. The van der Waals surface area contributed by atoms with Gasteiger partial charge in [0.1, 0.15) is 11.5 Å². The van der Waals surface area contributed by atoms with Crippen molar-refractivity contribution >= 4 is 7.60 Å². The molecule has 31 heavy (non-hydrogen) atoms. The van der Waals surface area contributed by atoms with Crippen molar-refractivity contribution in [2.75, 3.05) is 39.1 Å². The van der Waals surface area contributed by atoms with Crippen molar-refractivity contribution in [3.63, 3.8) is 0 Å². The first-order chi connectivity index (χ1) is 14.8. The molecule has 2 rings (SSSR count). The fraction of sp³-hybridized carbons (Fsp3) is 0.429. The third kappa shape index (κ3) is 9.06. The number of nitrogens with one attached hydrogen (secondary N) is 1. The number of rotatable bonds is 14. The fourth-order valence-electron chi connectivity index (χ4n) is 2.68. The summed E-state index contributed by atoms with van der Waals surface area (Å²) in [7, 11) is -4.00. The summed E-state index contributed by atoms with van der Waals surface area (Å²) in [6.07, 6.45) is 0.119. The van der Waals surface area contributed by atoms with Crippen LogP contribution in [0.1, 0.15) is 11.1 Å². The van der Waals surface area contributed by atoms with Crippen molar-refractivity contribution < 1.29 is 39.1 Å². The van der Waals surface area contributed by atoms with Gasteiger partial charge in [0.15, 0.2) is 0 Å². The second-order valence-corrected chi connectivity index (χ2v) is 9.04. The molecule has 0 saturated heterocycles. The Balaban J connectivity index is 1.75. The summed E-state index contributed by atoms with van der Waals surface area (Å²) < 4.78 is 22.3. The highest BCUT2D eigenvalue weighted by Crippen LogP contribution is 2.35. The zero-order valence-electron chi connectivity index (χ0n) is 17.2. The Morgan fingerprint density at radius 3 is 1.84 bits per heavy atom. The second-order valence-electron chi connectivity index (χ2n) is 7.26. The van der Waals surface area contributed by atoms with Crippen LogP contribution in [0.2, 0.25) is 0 Å². The quantitative estimate of drug-likeness (QED) is 0.181. The predicted octanol–water partition coefficient (Wildman–Crippen LogP) is 1.02. The van der Waals surface area contributed by atoms with Gasteiger partial charge in [0.05, 0.1) is 44.7 Å². The summed E-state index contributed by atoms with van der Waals surface area (Å²) in [5.74, 6) is 1.27. The number of hydrogen-bond acceptors (Lipinski definition) is 7. The number of aliphatic hydroxyl groups excluding tert-OH is 3. The van der Waals surface area contributed by atoms with Gasteiger partial charge in [0.2, 0.25) is 0 Å². The van der Waals surface area contributed by atoms with Crippen molar-refractivity contribution in [1.82, 2.24) is 5.32 Å². The smallest absolute Gasteiger partial charge is 0.325 e. The maximum atomic E-state index is 10.9. The number of aryl methyl sites for hydroxylation is 1. The molecule has 0 atom stereocenters. The van der Waals surface area contributed by atoms with Crippen LogP contribution in [0.5, 0.6) is 11.5 Å². The molecular formula is C21H30NO8P. The third-order valence-corrected chi connectivity index (χ3v) is 5.50. The van der Waals surface area contributed by atoms with Gasteiger partial charge in [0.25, 0.3) is 0 Å². The van der Waals surface area contributed by atoms with Crippen LogP contribution in [-0.4, -0.2) is 69.8 Å². The average Bonchev–Trinajstić information content (AvgIpc) is 2.77. The lowest BCUT2D eigenvalue weighted by Crippen LogP contribution is -2.55. The lowest BCUT2D eigenvalue weighted by Gasteiger charge is -2.28.